The van der Waals surface area contributed by atoms with Gasteiger partial charge in [-0.15, -0.1) is 0 Å². The molecule has 0 atom stereocenters. The molecule has 88 valence electrons. The Morgan fingerprint density at radius 1 is 1.35 bits per heavy atom. The zero-order chi connectivity index (χ0) is 12.1. The quantitative estimate of drug-likeness (QED) is 0.875. The maximum atomic E-state index is 11.6. The molecule has 0 aliphatic heterocycles. The SMILES string of the molecule is O=C(CCc1cnc[nH]1)Nc1ccc(Cl)cc1. The molecule has 1 aromatic carbocycles. The predicted octanol–water partition coefficient (Wildman–Crippen LogP) is 2.63. The third kappa shape index (κ3) is 3.60. The van der Waals surface area contributed by atoms with Crippen LogP contribution in [0.2, 0.25) is 5.02 Å². The number of aryl methyl sites for hydroxylation is 1. The van der Waals surface area contributed by atoms with Crippen LogP contribution in [0.25, 0.3) is 0 Å². The van der Waals surface area contributed by atoms with Gasteiger partial charge in [0, 0.05) is 29.0 Å². The lowest BCUT2D eigenvalue weighted by atomic mass is 10.2. The zero-order valence-corrected chi connectivity index (χ0v) is 9.87. The second-order valence-electron chi connectivity index (χ2n) is 3.63. The lowest BCUT2D eigenvalue weighted by Crippen LogP contribution is -2.12. The van der Waals surface area contributed by atoms with E-state index >= 15 is 0 Å². The third-order valence-corrected chi connectivity index (χ3v) is 2.56. The van der Waals surface area contributed by atoms with Gasteiger partial charge in [0.25, 0.3) is 0 Å². The number of H-pyrrole nitrogens is 1. The Hall–Kier alpha value is -1.81. The number of nitrogens with zero attached hydrogens (tertiary/aromatic N) is 1. The lowest BCUT2D eigenvalue weighted by Gasteiger charge is -2.04. The van der Waals surface area contributed by atoms with Gasteiger partial charge in [-0.25, -0.2) is 4.98 Å². The van der Waals surface area contributed by atoms with Crippen molar-refractivity contribution in [2.24, 2.45) is 0 Å². The predicted molar refractivity (Wildman–Crippen MR) is 67.0 cm³/mol. The van der Waals surface area contributed by atoms with Gasteiger partial charge in [-0.05, 0) is 30.7 Å². The second kappa shape index (κ2) is 5.50. The van der Waals surface area contributed by atoms with Gasteiger partial charge in [0.15, 0.2) is 0 Å². The Morgan fingerprint density at radius 3 is 2.76 bits per heavy atom. The van der Waals surface area contributed by atoms with Crippen molar-refractivity contribution >= 4 is 23.2 Å². The van der Waals surface area contributed by atoms with Crippen LogP contribution in [0.5, 0.6) is 0 Å². The van der Waals surface area contributed by atoms with Crippen LogP contribution < -0.4 is 5.32 Å². The van der Waals surface area contributed by atoms with E-state index < -0.39 is 0 Å². The van der Waals surface area contributed by atoms with Crippen LogP contribution in [0.4, 0.5) is 5.69 Å². The molecule has 4 nitrogen and oxygen atoms in total. The summed E-state index contributed by atoms with van der Waals surface area (Å²) in [6.45, 7) is 0. The summed E-state index contributed by atoms with van der Waals surface area (Å²) in [5, 5.41) is 3.45. The topological polar surface area (TPSA) is 57.8 Å². The maximum Gasteiger partial charge on any atom is 0.224 e. The molecule has 1 aromatic heterocycles. The fourth-order valence-corrected chi connectivity index (χ4v) is 1.55. The van der Waals surface area contributed by atoms with Crippen molar-refractivity contribution in [3.8, 4) is 0 Å². The van der Waals surface area contributed by atoms with Crippen molar-refractivity contribution in [3.05, 3.63) is 47.5 Å². The molecule has 0 fully saturated rings. The van der Waals surface area contributed by atoms with Gasteiger partial charge in [0.05, 0.1) is 6.33 Å². The van der Waals surface area contributed by atoms with Crippen LogP contribution in [0.15, 0.2) is 36.8 Å². The highest BCUT2D eigenvalue weighted by molar-refractivity contribution is 6.30. The van der Waals surface area contributed by atoms with Crippen molar-refractivity contribution in [3.63, 3.8) is 0 Å². The fourth-order valence-electron chi connectivity index (χ4n) is 1.43. The van der Waals surface area contributed by atoms with E-state index in [2.05, 4.69) is 15.3 Å². The van der Waals surface area contributed by atoms with E-state index in [0.717, 1.165) is 11.4 Å². The molecule has 0 bridgehead atoms. The fraction of sp³-hybridized carbons (Fsp3) is 0.167. The van der Waals surface area contributed by atoms with Crippen LogP contribution in [-0.2, 0) is 11.2 Å². The monoisotopic (exact) mass is 249 g/mol. The van der Waals surface area contributed by atoms with Crippen molar-refractivity contribution in [2.45, 2.75) is 12.8 Å². The molecule has 17 heavy (non-hydrogen) atoms. The number of amides is 1. The number of aromatic nitrogens is 2. The minimum absolute atomic E-state index is 0.0260. The number of imidazole rings is 1. The third-order valence-electron chi connectivity index (χ3n) is 2.30. The number of halogens is 1. The van der Waals surface area contributed by atoms with E-state index in [4.69, 9.17) is 11.6 Å². The molecule has 0 aliphatic carbocycles. The summed E-state index contributed by atoms with van der Waals surface area (Å²) in [7, 11) is 0. The molecule has 0 spiro atoms. The normalized spacial score (nSPS) is 10.2. The minimum Gasteiger partial charge on any atom is -0.348 e. The molecular formula is C12H12ClN3O. The van der Waals surface area contributed by atoms with E-state index in [1.165, 1.54) is 0 Å². The molecule has 2 N–H and O–H groups in total. The summed E-state index contributed by atoms with van der Waals surface area (Å²) in [6.07, 6.45) is 4.40. The molecule has 0 radical (unpaired) electrons. The highest BCUT2D eigenvalue weighted by Crippen LogP contribution is 2.13. The molecule has 2 rings (SSSR count). The van der Waals surface area contributed by atoms with Crippen molar-refractivity contribution in [1.29, 1.82) is 0 Å². The zero-order valence-electron chi connectivity index (χ0n) is 9.11. The van der Waals surface area contributed by atoms with Gasteiger partial charge in [0.1, 0.15) is 0 Å². The van der Waals surface area contributed by atoms with E-state index in [9.17, 15) is 4.79 Å². The summed E-state index contributed by atoms with van der Waals surface area (Å²) in [5.74, 6) is -0.0260. The van der Waals surface area contributed by atoms with Crippen LogP contribution in [-0.4, -0.2) is 15.9 Å². The van der Waals surface area contributed by atoms with Crippen molar-refractivity contribution in [1.82, 2.24) is 9.97 Å². The number of hydrogen-bond acceptors (Lipinski definition) is 2. The number of carbonyl (C=O) groups excluding carboxylic acids is 1. The van der Waals surface area contributed by atoms with E-state index in [-0.39, 0.29) is 5.91 Å². The average molecular weight is 250 g/mol. The number of rotatable bonds is 4. The highest BCUT2D eigenvalue weighted by Gasteiger charge is 2.03. The molecule has 2 aromatic rings. The molecule has 0 unspecified atom stereocenters. The second-order valence-corrected chi connectivity index (χ2v) is 4.07. The first-order chi connectivity index (χ1) is 8.24. The number of aromatic amines is 1. The Kier molecular flexibility index (Phi) is 3.77. The van der Waals surface area contributed by atoms with Crippen LogP contribution >= 0.6 is 11.6 Å². The van der Waals surface area contributed by atoms with E-state index in [0.29, 0.717) is 17.9 Å². The first-order valence-electron chi connectivity index (χ1n) is 5.27. The van der Waals surface area contributed by atoms with Crippen LogP contribution in [0.1, 0.15) is 12.1 Å². The summed E-state index contributed by atoms with van der Waals surface area (Å²) in [5.41, 5.74) is 1.71. The summed E-state index contributed by atoms with van der Waals surface area (Å²) in [6, 6.07) is 7.03. The molecule has 1 amide bonds. The first kappa shape index (κ1) is 11.7. The van der Waals surface area contributed by atoms with Crippen LogP contribution in [0, 0.1) is 0 Å². The number of hydrogen-bond donors (Lipinski definition) is 2. The maximum absolute atomic E-state index is 11.6. The van der Waals surface area contributed by atoms with Gasteiger partial charge >= 0.3 is 0 Å². The lowest BCUT2D eigenvalue weighted by molar-refractivity contribution is -0.116. The average Bonchev–Trinajstić information content (AvgIpc) is 2.83. The van der Waals surface area contributed by atoms with Crippen molar-refractivity contribution < 1.29 is 4.79 Å². The highest BCUT2D eigenvalue weighted by atomic mass is 35.5. The molecular weight excluding hydrogens is 238 g/mol. The van der Waals surface area contributed by atoms with Gasteiger partial charge in [-0.3, -0.25) is 4.79 Å². The molecule has 0 saturated heterocycles. The first-order valence-corrected chi connectivity index (χ1v) is 5.64. The van der Waals surface area contributed by atoms with Crippen LogP contribution in [0.3, 0.4) is 0 Å². The number of benzene rings is 1. The Labute approximate surface area is 104 Å². The molecule has 0 saturated carbocycles. The molecule has 5 heteroatoms. The molecule has 1 heterocycles. The number of anilines is 1. The van der Waals surface area contributed by atoms with Gasteiger partial charge in [-0.2, -0.15) is 0 Å². The van der Waals surface area contributed by atoms with E-state index in [1.54, 1.807) is 36.8 Å². The number of carbonyl (C=O) groups is 1. The van der Waals surface area contributed by atoms with Gasteiger partial charge in [-0.1, -0.05) is 11.6 Å². The summed E-state index contributed by atoms with van der Waals surface area (Å²) >= 11 is 5.75. The standard InChI is InChI=1S/C12H12ClN3O/c13-9-1-3-10(4-2-9)16-12(17)6-5-11-7-14-8-15-11/h1-4,7-8H,5-6H2,(H,14,15)(H,16,17). The minimum atomic E-state index is -0.0260. The smallest absolute Gasteiger partial charge is 0.224 e. The Balaban J connectivity index is 1.83. The molecule has 0 aliphatic rings. The Bertz CT molecular complexity index is 479. The van der Waals surface area contributed by atoms with Crippen molar-refractivity contribution in [2.75, 3.05) is 5.32 Å². The Morgan fingerprint density at radius 2 is 2.12 bits per heavy atom. The number of nitrogens with one attached hydrogen (secondary N) is 2. The van der Waals surface area contributed by atoms with Gasteiger partial charge < -0.3 is 10.3 Å². The van der Waals surface area contributed by atoms with Gasteiger partial charge in [0.2, 0.25) is 5.91 Å². The summed E-state index contributed by atoms with van der Waals surface area (Å²) < 4.78 is 0. The van der Waals surface area contributed by atoms with E-state index in [1.807, 2.05) is 0 Å². The summed E-state index contributed by atoms with van der Waals surface area (Å²) in [4.78, 5) is 18.5. The largest absolute Gasteiger partial charge is 0.348 e.